The third kappa shape index (κ3) is 5.33. The van der Waals surface area contributed by atoms with E-state index < -0.39 is 6.61 Å². The molecule has 2 N–H and O–H groups in total. The monoisotopic (exact) mass is 342 g/mol. The van der Waals surface area contributed by atoms with E-state index >= 15 is 0 Å². The van der Waals surface area contributed by atoms with Crippen LogP contribution in [0.15, 0.2) is 18.2 Å². The number of halogens is 2. The zero-order valence-electron chi connectivity index (χ0n) is 14.0. The molecule has 0 spiro atoms. The molecule has 5 nitrogen and oxygen atoms in total. The molecule has 2 rings (SSSR count). The number of carbonyl (C=O) groups is 1. The maximum absolute atomic E-state index is 12.4. The van der Waals surface area contributed by atoms with Gasteiger partial charge in [-0.1, -0.05) is 6.07 Å². The third-order valence-electron chi connectivity index (χ3n) is 4.15. The lowest BCUT2D eigenvalue weighted by atomic mass is 9.92. The first-order chi connectivity index (χ1) is 11.5. The van der Waals surface area contributed by atoms with Crippen molar-refractivity contribution in [3.8, 4) is 11.5 Å². The number of ether oxygens (including phenoxy) is 2. The van der Waals surface area contributed by atoms with E-state index in [1.54, 1.807) is 12.1 Å². The normalized spacial score (nSPS) is 20.7. The van der Waals surface area contributed by atoms with Gasteiger partial charge in [0.05, 0.1) is 7.11 Å². The van der Waals surface area contributed by atoms with E-state index in [2.05, 4.69) is 22.3 Å². The van der Waals surface area contributed by atoms with Crippen molar-refractivity contribution in [1.82, 2.24) is 10.6 Å². The predicted molar refractivity (Wildman–Crippen MR) is 86.5 cm³/mol. The van der Waals surface area contributed by atoms with Crippen molar-refractivity contribution in [3.63, 3.8) is 0 Å². The number of hydrogen-bond acceptors (Lipinski definition) is 4. The Hall–Kier alpha value is -1.89. The zero-order chi connectivity index (χ0) is 17.5. The molecular formula is C17H24F2N2O3. The molecule has 1 heterocycles. The first kappa shape index (κ1) is 18.4. The lowest BCUT2D eigenvalue weighted by Crippen LogP contribution is -2.42. The van der Waals surface area contributed by atoms with Crippen LogP contribution < -0.4 is 20.1 Å². The van der Waals surface area contributed by atoms with Gasteiger partial charge in [-0.15, -0.1) is 0 Å². The van der Waals surface area contributed by atoms with Crippen LogP contribution in [0, 0.1) is 5.92 Å². The number of piperidine rings is 1. The van der Waals surface area contributed by atoms with Crippen molar-refractivity contribution in [2.24, 2.45) is 5.92 Å². The second-order valence-electron chi connectivity index (χ2n) is 5.98. The highest BCUT2D eigenvalue weighted by Crippen LogP contribution is 2.29. The lowest BCUT2D eigenvalue weighted by Gasteiger charge is -2.27. The molecule has 1 aliphatic heterocycles. The number of rotatable bonds is 7. The standard InChI is InChI=1S/C17H24F2N2O3/c1-11-9-13(6-8-20-11)16(22)21-7-5-12-3-4-14(23-2)15(10-12)24-17(18)19/h3-4,10-11,13,17,20H,5-9H2,1-2H3,(H,21,22)/t11-,13-/m0/s1. The Morgan fingerprint density at radius 2 is 2.21 bits per heavy atom. The van der Waals surface area contributed by atoms with Gasteiger partial charge in [-0.05, 0) is 50.4 Å². The first-order valence-corrected chi connectivity index (χ1v) is 8.12. The molecule has 1 fully saturated rings. The lowest BCUT2D eigenvalue weighted by molar-refractivity contribution is -0.126. The van der Waals surface area contributed by atoms with E-state index in [4.69, 9.17) is 4.74 Å². The summed E-state index contributed by atoms with van der Waals surface area (Å²) in [5, 5.41) is 6.24. The molecule has 1 aromatic rings. The molecule has 0 radical (unpaired) electrons. The first-order valence-electron chi connectivity index (χ1n) is 8.12. The Bertz CT molecular complexity index is 555. The van der Waals surface area contributed by atoms with Crippen molar-refractivity contribution < 1.29 is 23.0 Å². The second-order valence-corrected chi connectivity index (χ2v) is 5.98. The van der Waals surface area contributed by atoms with Gasteiger partial charge in [0.25, 0.3) is 0 Å². The molecule has 0 aromatic heterocycles. The van der Waals surface area contributed by atoms with Gasteiger partial charge >= 0.3 is 6.61 Å². The van der Waals surface area contributed by atoms with Crippen molar-refractivity contribution in [2.75, 3.05) is 20.2 Å². The predicted octanol–water partition coefficient (Wildman–Crippen LogP) is 2.34. The maximum Gasteiger partial charge on any atom is 0.387 e. The van der Waals surface area contributed by atoms with Crippen LogP contribution in [-0.4, -0.2) is 38.8 Å². The van der Waals surface area contributed by atoms with Gasteiger partial charge < -0.3 is 20.1 Å². The molecule has 7 heteroatoms. The van der Waals surface area contributed by atoms with E-state index in [0.717, 1.165) is 24.9 Å². The smallest absolute Gasteiger partial charge is 0.387 e. The molecule has 1 aliphatic rings. The largest absolute Gasteiger partial charge is 0.493 e. The van der Waals surface area contributed by atoms with Crippen LogP contribution in [0.5, 0.6) is 11.5 Å². The molecule has 0 aliphatic carbocycles. The average molecular weight is 342 g/mol. The van der Waals surface area contributed by atoms with Crippen LogP contribution in [0.4, 0.5) is 8.78 Å². The van der Waals surface area contributed by atoms with E-state index in [-0.39, 0.29) is 23.3 Å². The Morgan fingerprint density at radius 3 is 2.88 bits per heavy atom. The molecule has 0 saturated carbocycles. The number of carbonyl (C=O) groups excluding carboxylic acids is 1. The molecule has 1 saturated heterocycles. The minimum absolute atomic E-state index is 0.00325. The molecule has 134 valence electrons. The van der Waals surface area contributed by atoms with E-state index in [9.17, 15) is 13.6 Å². The van der Waals surface area contributed by atoms with Crippen molar-refractivity contribution in [1.29, 1.82) is 0 Å². The van der Waals surface area contributed by atoms with Crippen LogP contribution in [0.25, 0.3) is 0 Å². The van der Waals surface area contributed by atoms with Crippen LogP contribution >= 0.6 is 0 Å². The number of nitrogens with one attached hydrogen (secondary N) is 2. The van der Waals surface area contributed by atoms with Gasteiger partial charge in [0.1, 0.15) is 0 Å². The summed E-state index contributed by atoms with van der Waals surface area (Å²) >= 11 is 0. The second kappa shape index (κ2) is 8.82. The zero-order valence-corrected chi connectivity index (χ0v) is 14.0. The van der Waals surface area contributed by atoms with Gasteiger partial charge in [-0.3, -0.25) is 4.79 Å². The molecule has 0 unspecified atom stereocenters. The van der Waals surface area contributed by atoms with Crippen LogP contribution in [0.3, 0.4) is 0 Å². The SMILES string of the molecule is COc1ccc(CCNC(=O)[C@H]2CCN[C@@H](C)C2)cc1OC(F)F. The fourth-order valence-electron chi connectivity index (χ4n) is 2.91. The maximum atomic E-state index is 12.4. The summed E-state index contributed by atoms with van der Waals surface area (Å²) < 4.78 is 34.3. The molecule has 1 aromatic carbocycles. The number of hydrogen-bond donors (Lipinski definition) is 2. The summed E-state index contributed by atoms with van der Waals surface area (Å²) in [5.41, 5.74) is 0.797. The summed E-state index contributed by atoms with van der Waals surface area (Å²) in [6, 6.07) is 5.23. The molecule has 1 amide bonds. The number of amides is 1. The number of benzene rings is 1. The topological polar surface area (TPSA) is 59.6 Å². The highest BCUT2D eigenvalue weighted by molar-refractivity contribution is 5.78. The Morgan fingerprint density at radius 1 is 1.42 bits per heavy atom. The number of methoxy groups -OCH3 is 1. The molecular weight excluding hydrogens is 318 g/mol. The summed E-state index contributed by atoms with van der Waals surface area (Å²) in [6.07, 6.45) is 2.21. The van der Waals surface area contributed by atoms with E-state index in [1.807, 2.05) is 0 Å². The van der Waals surface area contributed by atoms with Gasteiger partial charge in [-0.2, -0.15) is 8.78 Å². The molecule has 24 heavy (non-hydrogen) atoms. The van der Waals surface area contributed by atoms with Gasteiger partial charge in [-0.25, -0.2) is 0 Å². The van der Waals surface area contributed by atoms with Crippen molar-refractivity contribution in [2.45, 2.75) is 38.8 Å². The highest BCUT2D eigenvalue weighted by Gasteiger charge is 2.24. The van der Waals surface area contributed by atoms with Gasteiger partial charge in [0, 0.05) is 18.5 Å². The summed E-state index contributed by atoms with van der Waals surface area (Å²) in [7, 11) is 1.40. The highest BCUT2D eigenvalue weighted by atomic mass is 19.3. The molecule has 2 atom stereocenters. The van der Waals surface area contributed by atoms with E-state index in [1.165, 1.54) is 13.2 Å². The van der Waals surface area contributed by atoms with Crippen molar-refractivity contribution >= 4 is 5.91 Å². The Balaban J connectivity index is 1.86. The summed E-state index contributed by atoms with van der Waals surface area (Å²) in [6.45, 7) is 0.473. The Labute approximate surface area is 140 Å². The van der Waals surface area contributed by atoms with Crippen LogP contribution in [0.1, 0.15) is 25.3 Å². The van der Waals surface area contributed by atoms with Crippen LogP contribution in [-0.2, 0) is 11.2 Å². The summed E-state index contributed by atoms with van der Waals surface area (Å²) in [5.74, 6) is 0.353. The number of alkyl halides is 2. The molecule has 0 bridgehead atoms. The fourth-order valence-corrected chi connectivity index (χ4v) is 2.91. The Kier molecular flexibility index (Phi) is 6.78. The third-order valence-corrected chi connectivity index (χ3v) is 4.15. The van der Waals surface area contributed by atoms with E-state index in [0.29, 0.717) is 19.0 Å². The average Bonchev–Trinajstić information content (AvgIpc) is 2.54. The van der Waals surface area contributed by atoms with Crippen molar-refractivity contribution in [3.05, 3.63) is 23.8 Å². The van der Waals surface area contributed by atoms with Gasteiger partial charge in [0.15, 0.2) is 11.5 Å². The summed E-state index contributed by atoms with van der Waals surface area (Å²) in [4.78, 5) is 12.2. The minimum atomic E-state index is -2.91. The fraction of sp³-hybridized carbons (Fsp3) is 0.588. The van der Waals surface area contributed by atoms with Gasteiger partial charge in [0.2, 0.25) is 5.91 Å². The quantitative estimate of drug-likeness (QED) is 0.799. The van der Waals surface area contributed by atoms with Crippen LogP contribution in [0.2, 0.25) is 0 Å². The minimum Gasteiger partial charge on any atom is -0.493 e.